The smallest absolute Gasteiger partial charge is 0.283 e. The molecule has 0 radical (unpaired) electrons. The first-order valence-corrected chi connectivity index (χ1v) is 10.8. The Labute approximate surface area is 188 Å². The number of amides is 1. The Balaban J connectivity index is 1.58. The molecule has 6 nitrogen and oxygen atoms in total. The van der Waals surface area contributed by atoms with Gasteiger partial charge in [-0.1, -0.05) is 47.6 Å². The van der Waals surface area contributed by atoms with E-state index in [2.05, 4.69) is 10.9 Å². The van der Waals surface area contributed by atoms with Crippen LogP contribution in [-0.4, -0.2) is 23.7 Å². The predicted octanol–water partition coefficient (Wildman–Crippen LogP) is 4.64. The molecule has 0 N–H and O–H groups in total. The first kappa shape index (κ1) is 19.9. The van der Waals surface area contributed by atoms with Gasteiger partial charge < -0.3 is 18.8 Å². The number of carbonyl (C=O) groups excluding carboxylic acids is 1. The quantitative estimate of drug-likeness (QED) is 0.432. The largest absolute Gasteiger partial charge is 0.486 e. The molecule has 0 bridgehead atoms. The van der Waals surface area contributed by atoms with Gasteiger partial charge in [-0.05, 0) is 24.3 Å². The summed E-state index contributed by atoms with van der Waals surface area (Å²) in [5, 5.41) is 0. The maximum absolute atomic E-state index is 13.2. The lowest BCUT2D eigenvalue weighted by molar-refractivity contribution is 0.0995. The molecule has 0 spiro atoms. The van der Waals surface area contributed by atoms with Crippen LogP contribution >= 0.6 is 11.3 Å². The summed E-state index contributed by atoms with van der Waals surface area (Å²) in [6, 6.07) is 20.1. The lowest BCUT2D eigenvalue weighted by Gasteiger charge is -2.18. The fraction of sp³-hybridized carbons (Fsp3) is 0.120. The molecule has 0 aliphatic carbocycles. The number of terminal acetylenes is 1. The second-order valence-corrected chi connectivity index (χ2v) is 7.98. The van der Waals surface area contributed by atoms with E-state index >= 15 is 0 Å². The van der Waals surface area contributed by atoms with Crippen molar-refractivity contribution in [3.05, 3.63) is 77.1 Å². The van der Waals surface area contributed by atoms with Gasteiger partial charge in [-0.25, -0.2) is 0 Å². The van der Waals surface area contributed by atoms with E-state index in [1.165, 1.54) is 11.3 Å². The van der Waals surface area contributed by atoms with Crippen LogP contribution < -0.4 is 19.0 Å². The van der Waals surface area contributed by atoms with E-state index in [1.807, 2.05) is 53.1 Å². The standard InChI is InChI=1S/C25H18N2O4S/c1-2-12-27-19-15-21-22(30-14-13-29-21)16-23(19)32-25(27)26-24(28)18-10-6-7-11-20(18)31-17-8-4-3-5-9-17/h1,3-11,15-16H,12-14H2. The molecule has 0 atom stereocenters. The summed E-state index contributed by atoms with van der Waals surface area (Å²) in [4.78, 5) is 18.1. The number of thiazole rings is 1. The van der Waals surface area contributed by atoms with Crippen molar-refractivity contribution in [1.82, 2.24) is 4.57 Å². The third kappa shape index (κ3) is 3.84. The normalized spacial score (nSPS) is 13.0. The first-order chi connectivity index (χ1) is 15.7. The first-order valence-electron chi connectivity index (χ1n) is 10.0. The van der Waals surface area contributed by atoms with Gasteiger partial charge in [-0.3, -0.25) is 4.79 Å². The van der Waals surface area contributed by atoms with Gasteiger partial charge in [0.1, 0.15) is 24.7 Å². The Morgan fingerprint density at radius 1 is 1.06 bits per heavy atom. The fourth-order valence-electron chi connectivity index (χ4n) is 3.43. The Morgan fingerprint density at radius 2 is 1.78 bits per heavy atom. The van der Waals surface area contributed by atoms with Crippen LogP contribution in [0.2, 0.25) is 0 Å². The highest BCUT2D eigenvalue weighted by Crippen LogP contribution is 2.35. The highest BCUT2D eigenvalue weighted by Gasteiger charge is 2.18. The van der Waals surface area contributed by atoms with E-state index in [0.29, 0.717) is 46.6 Å². The van der Waals surface area contributed by atoms with E-state index in [9.17, 15) is 4.79 Å². The molecule has 0 unspecified atom stereocenters. The van der Waals surface area contributed by atoms with Crippen LogP contribution in [0.15, 0.2) is 71.7 Å². The number of ether oxygens (including phenoxy) is 3. The molecule has 158 valence electrons. The lowest BCUT2D eigenvalue weighted by Crippen LogP contribution is -2.17. The highest BCUT2D eigenvalue weighted by atomic mass is 32.1. The average Bonchev–Trinajstić information content (AvgIpc) is 3.14. The second kappa shape index (κ2) is 8.61. The fourth-order valence-corrected chi connectivity index (χ4v) is 4.47. The zero-order chi connectivity index (χ0) is 21.9. The Kier molecular flexibility index (Phi) is 5.36. The SMILES string of the molecule is C#CCn1c(=NC(=O)c2ccccc2Oc2ccccc2)sc2cc3c(cc21)OCCO3. The Hall–Kier alpha value is -4.02. The van der Waals surface area contributed by atoms with Crippen molar-refractivity contribution in [3.63, 3.8) is 0 Å². The number of para-hydroxylation sites is 2. The van der Waals surface area contributed by atoms with Crippen LogP contribution in [0.3, 0.4) is 0 Å². The van der Waals surface area contributed by atoms with Crippen molar-refractivity contribution in [2.24, 2.45) is 4.99 Å². The summed E-state index contributed by atoms with van der Waals surface area (Å²) in [5.74, 6) is 4.65. The monoisotopic (exact) mass is 442 g/mol. The molecule has 4 aromatic rings. The van der Waals surface area contributed by atoms with Crippen molar-refractivity contribution in [2.45, 2.75) is 6.54 Å². The molecular weight excluding hydrogens is 424 g/mol. The molecule has 2 heterocycles. The minimum atomic E-state index is -0.411. The zero-order valence-electron chi connectivity index (χ0n) is 17.0. The van der Waals surface area contributed by atoms with E-state index < -0.39 is 5.91 Å². The summed E-state index contributed by atoms with van der Waals surface area (Å²) >= 11 is 1.37. The summed E-state index contributed by atoms with van der Waals surface area (Å²) in [6.45, 7) is 1.27. The number of fused-ring (bicyclic) bond motifs is 2. The third-order valence-corrected chi connectivity index (χ3v) is 5.92. The van der Waals surface area contributed by atoms with Gasteiger partial charge in [-0.15, -0.1) is 6.42 Å². The summed E-state index contributed by atoms with van der Waals surface area (Å²) < 4.78 is 20.0. The summed E-state index contributed by atoms with van der Waals surface area (Å²) in [5.41, 5.74) is 1.21. The molecule has 0 fully saturated rings. The second-order valence-electron chi connectivity index (χ2n) is 6.97. The van der Waals surface area contributed by atoms with Crippen LogP contribution in [0.1, 0.15) is 10.4 Å². The molecule has 5 rings (SSSR count). The van der Waals surface area contributed by atoms with Gasteiger partial charge >= 0.3 is 0 Å². The molecular formula is C25H18N2O4S. The van der Waals surface area contributed by atoms with Crippen molar-refractivity contribution in [1.29, 1.82) is 0 Å². The number of hydrogen-bond donors (Lipinski definition) is 0. The van der Waals surface area contributed by atoms with Crippen molar-refractivity contribution >= 4 is 27.5 Å². The van der Waals surface area contributed by atoms with Gasteiger partial charge in [-0.2, -0.15) is 4.99 Å². The number of benzene rings is 3. The van der Waals surface area contributed by atoms with Gasteiger partial charge in [0.25, 0.3) is 5.91 Å². The van der Waals surface area contributed by atoms with Crippen molar-refractivity contribution in [2.75, 3.05) is 13.2 Å². The average molecular weight is 442 g/mol. The molecule has 1 aliphatic heterocycles. The topological polar surface area (TPSA) is 62.1 Å². The van der Waals surface area contributed by atoms with Crippen LogP contribution in [0, 0.1) is 12.3 Å². The van der Waals surface area contributed by atoms with Crippen molar-refractivity contribution < 1.29 is 19.0 Å². The van der Waals surface area contributed by atoms with Gasteiger partial charge in [0.2, 0.25) is 0 Å². The Bertz CT molecular complexity index is 1410. The summed E-state index contributed by atoms with van der Waals surface area (Å²) in [7, 11) is 0. The van der Waals surface area contributed by atoms with Gasteiger partial charge in [0, 0.05) is 12.1 Å². The lowest BCUT2D eigenvalue weighted by atomic mass is 10.2. The van der Waals surface area contributed by atoms with E-state index in [0.717, 1.165) is 10.2 Å². The molecule has 32 heavy (non-hydrogen) atoms. The molecule has 0 saturated carbocycles. The van der Waals surface area contributed by atoms with Gasteiger partial charge in [0.05, 0.1) is 22.3 Å². The number of hydrogen-bond acceptors (Lipinski definition) is 5. The molecule has 7 heteroatoms. The number of carbonyl (C=O) groups is 1. The maximum Gasteiger partial charge on any atom is 0.283 e. The van der Waals surface area contributed by atoms with Crippen molar-refractivity contribution in [3.8, 4) is 35.3 Å². The molecule has 3 aromatic carbocycles. The van der Waals surface area contributed by atoms with Crippen LogP contribution in [-0.2, 0) is 6.54 Å². The third-order valence-electron chi connectivity index (χ3n) is 4.88. The summed E-state index contributed by atoms with van der Waals surface area (Å²) in [6.07, 6.45) is 5.60. The number of nitrogens with zero attached hydrogens (tertiary/aromatic N) is 2. The minimum Gasteiger partial charge on any atom is -0.486 e. The Morgan fingerprint density at radius 3 is 2.56 bits per heavy atom. The predicted molar refractivity (Wildman–Crippen MR) is 122 cm³/mol. The van der Waals surface area contributed by atoms with Crippen LogP contribution in [0.5, 0.6) is 23.0 Å². The maximum atomic E-state index is 13.2. The van der Waals surface area contributed by atoms with Crippen LogP contribution in [0.4, 0.5) is 0 Å². The van der Waals surface area contributed by atoms with E-state index in [-0.39, 0.29) is 6.54 Å². The van der Waals surface area contributed by atoms with Crippen LogP contribution in [0.25, 0.3) is 10.2 Å². The van der Waals surface area contributed by atoms with Gasteiger partial charge in [0.15, 0.2) is 16.3 Å². The highest BCUT2D eigenvalue weighted by molar-refractivity contribution is 7.16. The molecule has 1 aliphatic rings. The van der Waals surface area contributed by atoms with E-state index in [1.54, 1.807) is 18.2 Å². The number of rotatable bonds is 4. The molecule has 1 aromatic heterocycles. The molecule has 0 saturated heterocycles. The molecule has 1 amide bonds. The number of aromatic nitrogens is 1. The van der Waals surface area contributed by atoms with E-state index in [4.69, 9.17) is 20.6 Å². The minimum absolute atomic E-state index is 0.272. The zero-order valence-corrected chi connectivity index (χ0v) is 17.8.